The van der Waals surface area contributed by atoms with E-state index in [1.807, 2.05) is 0 Å². The van der Waals surface area contributed by atoms with Crippen molar-refractivity contribution in [3.63, 3.8) is 0 Å². The molecular weight excluding hydrogens is 122 g/mol. The van der Waals surface area contributed by atoms with Gasteiger partial charge in [-0.05, 0) is 6.92 Å². The third-order valence-corrected chi connectivity index (χ3v) is 0.340. The number of carboxylic acids is 1. The Balaban J connectivity index is 0. The number of carboxylic acid groups (broad SMARTS) is 1. The van der Waals surface area contributed by atoms with Crippen LogP contribution in [0.5, 0.6) is 0 Å². The summed E-state index contributed by atoms with van der Waals surface area (Å²) in [6.45, 7) is 0.975. The standard InChI is InChI=1S/C3H5FO2.ClH/c1-2(4)3(5)6;/h2H,1H3,(H,5,6);1H/t2-;/m1./s1. The molecule has 1 atom stereocenters. The Labute approximate surface area is 46.7 Å². The van der Waals surface area contributed by atoms with Crippen molar-refractivity contribution in [1.29, 1.82) is 0 Å². The fourth-order valence-electron chi connectivity index (χ4n) is 0. The summed E-state index contributed by atoms with van der Waals surface area (Å²) >= 11 is 0. The molecule has 0 aliphatic rings. The molecule has 7 heavy (non-hydrogen) atoms. The second-order valence-electron chi connectivity index (χ2n) is 0.954. The first-order valence-corrected chi connectivity index (χ1v) is 1.51. The molecule has 0 aliphatic carbocycles. The zero-order valence-corrected chi connectivity index (χ0v) is 4.54. The number of rotatable bonds is 1. The van der Waals surface area contributed by atoms with Gasteiger partial charge in [0.2, 0.25) is 0 Å². The van der Waals surface area contributed by atoms with E-state index in [0.717, 1.165) is 6.92 Å². The van der Waals surface area contributed by atoms with Crippen molar-refractivity contribution in [2.75, 3.05) is 0 Å². The molecule has 0 fully saturated rings. The Morgan fingerprint density at radius 1 is 1.86 bits per heavy atom. The van der Waals surface area contributed by atoms with Gasteiger partial charge in [-0.1, -0.05) is 0 Å². The van der Waals surface area contributed by atoms with Gasteiger partial charge in [0.25, 0.3) is 0 Å². The molecule has 0 rings (SSSR count). The highest BCUT2D eigenvalue weighted by Gasteiger charge is 2.04. The van der Waals surface area contributed by atoms with E-state index in [2.05, 4.69) is 0 Å². The summed E-state index contributed by atoms with van der Waals surface area (Å²) in [6.07, 6.45) is -1.73. The molecule has 2 nitrogen and oxygen atoms in total. The van der Waals surface area contributed by atoms with Crippen LogP contribution in [0.1, 0.15) is 6.92 Å². The first-order chi connectivity index (χ1) is 2.64. The molecule has 0 amide bonds. The first kappa shape index (κ1) is 9.85. The second kappa shape index (κ2) is 3.87. The van der Waals surface area contributed by atoms with E-state index in [1.165, 1.54) is 0 Å². The summed E-state index contributed by atoms with van der Waals surface area (Å²) in [4.78, 5) is 9.32. The third-order valence-electron chi connectivity index (χ3n) is 0.340. The van der Waals surface area contributed by atoms with Crippen LogP contribution in [0.4, 0.5) is 4.39 Å². The lowest BCUT2D eigenvalue weighted by Gasteiger charge is -1.85. The normalized spacial score (nSPS) is 11.7. The van der Waals surface area contributed by atoms with Gasteiger partial charge < -0.3 is 5.11 Å². The predicted octanol–water partition coefficient (Wildman–Crippen LogP) is 0.851. The van der Waals surface area contributed by atoms with E-state index >= 15 is 0 Å². The molecule has 0 aromatic rings. The lowest BCUT2D eigenvalue weighted by atomic mass is 10.5. The zero-order chi connectivity index (χ0) is 5.15. The summed E-state index contributed by atoms with van der Waals surface area (Å²) in [5.41, 5.74) is 0. The van der Waals surface area contributed by atoms with E-state index in [4.69, 9.17) is 5.11 Å². The van der Waals surface area contributed by atoms with Crippen LogP contribution < -0.4 is 0 Å². The van der Waals surface area contributed by atoms with Crippen LogP contribution >= 0.6 is 12.4 Å². The van der Waals surface area contributed by atoms with Crippen LogP contribution in [0.25, 0.3) is 0 Å². The van der Waals surface area contributed by atoms with Gasteiger partial charge in [0.15, 0.2) is 6.17 Å². The topological polar surface area (TPSA) is 37.3 Å². The SMILES string of the molecule is C[C@@H](F)C(=O)O.Cl. The summed E-state index contributed by atoms with van der Waals surface area (Å²) in [7, 11) is 0. The molecule has 0 aromatic carbocycles. The Morgan fingerprint density at radius 3 is 2.00 bits per heavy atom. The molecule has 0 unspecified atom stereocenters. The Morgan fingerprint density at radius 2 is 2.00 bits per heavy atom. The summed E-state index contributed by atoms with van der Waals surface area (Å²) in [5, 5.41) is 7.62. The van der Waals surface area contributed by atoms with Crippen LogP contribution in [0.2, 0.25) is 0 Å². The first-order valence-electron chi connectivity index (χ1n) is 1.51. The molecule has 0 saturated heterocycles. The van der Waals surface area contributed by atoms with Crippen molar-refractivity contribution >= 4 is 18.4 Å². The number of halogens is 2. The molecule has 4 heteroatoms. The summed E-state index contributed by atoms with van der Waals surface area (Å²) < 4.78 is 11.2. The maximum absolute atomic E-state index is 11.2. The fraction of sp³-hybridized carbons (Fsp3) is 0.667. The van der Waals surface area contributed by atoms with Crippen LogP contribution in [0.15, 0.2) is 0 Å². The highest BCUT2D eigenvalue weighted by atomic mass is 35.5. The molecule has 0 aromatic heterocycles. The van der Waals surface area contributed by atoms with E-state index in [0.29, 0.717) is 0 Å². The molecule has 0 heterocycles. The fourth-order valence-corrected chi connectivity index (χ4v) is 0. The number of carbonyl (C=O) groups is 1. The van der Waals surface area contributed by atoms with Crippen molar-refractivity contribution in [2.24, 2.45) is 0 Å². The monoisotopic (exact) mass is 128 g/mol. The van der Waals surface area contributed by atoms with Crippen LogP contribution in [0.3, 0.4) is 0 Å². The van der Waals surface area contributed by atoms with Crippen molar-refractivity contribution in [3.8, 4) is 0 Å². The van der Waals surface area contributed by atoms with Crippen molar-refractivity contribution < 1.29 is 14.3 Å². The van der Waals surface area contributed by atoms with Crippen LogP contribution in [-0.2, 0) is 4.79 Å². The Kier molecular flexibility index (Phi) is 5.44. The molecular formula is C3H6ClFO2. The average molecular weight is 129 g/mol. The molecule has 0 saturated carbocycles. The molecule has 0 aliphatic heterocycles. The molecule has 44 valence electrons. The molecule has 0 bridgehead atoms. The maximum atomic E-state index is 11.2. The van der Waals surface area contributed by atoms with Crippen molar-refractivity contribution in [2.45, 2.75) is 13.1 Å². The van der Waals surface area contributed by atoms with Gasteiger partial charge >= 0.3 is 5.97 Å². The van der Waals surface area contributed by atoms with E-state index in [1.54, 1.807) is 0 Å². The van der Waals surface area contributed by atoms with Crippen molar-refractivity contribution in [1.82, 2.24) is 0 Å². The van der Waals surface area contributed by atoms with Gasteiger partial charge in [0, 0.05) is 0 Å². The third kappa shape index (κ3) is 5.69. The zero-order valence-electron chi connectivity index (χ0n) is 3.72. The minimum absolute atomic E-state index is 0. The lowest BCUT2D eigenvalue weighted by molar-refractivity contribution is -0.142. The van der Waals surface area contributed by atoms with Gasteiger partial charge in [-0.3, -0.25) is 0 Å². The van der Waals surface area contributed by atoms with Gasteiger partial charge in [0.1, 0.15) is 0 Å². The number of alkyl halides is 1. The van der Waals surface area contributed by atoms with E-state index in [-0.39, 0.29) is 12.4 Å². The van der Waals surface area contributed by atoms with Gasteiger partial charge in [-0.2, -0.15) is 0 Å². The minimum atomic E-state index is -1.73. The van der Waals surface area contributed by atoms with Gasteiger partial charge in [-0.25, -0.2) is 9.18 Å². The predicted molar refractivity (Wildman–Crippen MR) is 25.5 cm³/mol. The minimum Gasteiger partial charge on any atom is -0.479 e. The van der Waals surface area contributed by atoms with Crippen LogP contribution in [-0.4, -0.2) is 17.2 Å². The molecule has 0 spiro atoms. The van der Waals surface area contributed by atoms with Crippen LogP contribution in [0, 0.1) is 0 Å². The number of hydrogen-bond acceptors (Lipinski definition) is 1. The highest BCUT2D eigenvalue weighted by molar-refractivity contribution is 5.85. The maximum Gasteiger partial charge on any atom is 0.337 e. The molecule has 1 N–H and O–H groups in total. The average Bonchev–Trinajstić information content (AvgIpc) is 1.36. The molecule has 0 radical (unpaired) electrons. The van der Waals surface area contributed by atoms with Crippen molar-refractivity contribution in [3.05, 3.63) is 0 Å². The summed E-state index contributed by atoms with van der Waals surface area (Å²) in [6, 6.07) is 0. The summed E-state index contributed by atoms with van der Waals surface area (Å²) in [5.74, 6) is -1.41. The van der Waals surface area contributed by atoms with E-state index in [9.17, 15) is 9.18 Å². The van der Waals surface area contributed by atoms with E-state index < -0.39 is 12.1 Å². The smallest absolute Gasteiger partial charge is 0.337 e. The number of aliphatic carboxylic acids is 1. The Hall–Kier alpha value is -0.310. The quantitative estimate of drug-likeness (QED) is 0.569. The highest BCUT2D eigenvalue weighted by Crippen LogP contribution is 1.83. The van der Waals surface area contributed by atoms with Gasteiger partial charge in [0.05, 0.1) is 0 Å². The van der Waals surface area contributed by atoms with Gasteiger partial charge in [-0.15, -0.1) is 12.4 Å². The largest absolute Gasteiger partial charge is 0.479 e. The Bertz CT molecular complexity index is 64.0. The number of hydrogen-bond donors (Lipinski definition) is 1. The lowest BCUT2D eigenvalue weighted by Crippen LogP contribution is -2.08. The second-order valence-corrected chi connectivity index (χ2v) is 0.954.